The predicted molar refractivity (Wildman–Crippen MR) is 27.0 cm³/mol. The summed E-state index contributed by atoms with van der Waals surface area (Å²) >= 11 is -1.79. The summed E-state index contributed by atoms with van der Waals surface area (Å²) in [4.78, 5) is 0. The Morgan fingerprint density at radius 2 is 2.00 bits per heavy atom. The van der Waals surface area contributed by atoms with E-state index in [0.717, 1.165) is 0 Å². The normalized spacial score (nSPS) is 12.3. The van der Waals surface area contributed by atoms with Crippen molar-refractivity contribution in [1.82, 2.24) is 0 Å². The number of hydrogen-bond donors (Lipinski definition) is 2. The summed E-state index contributed by atoms with van der Waals surface area (Å²) in [5.41, 5.74) is 4.62. The van der Waals surface area contributed by atoms with E-state index in [1.54, 1.807) is 0 Å². The standard InChI is InChI=1S/CH5NO2S.Na.H/c2-1-5(3)4;;/h1-2H2,(H,3,4);;. The van der Waals surface area contributed by atoms with Crippen LogP contribution in [0.5, 0.6) is 0 Å². The van der Waals surface area contributed by atoms with Gasteiger partial charge in [-0.05, 0) is 0 Å². The molecule has 0 aromatic carbocycles. The Morgan fingerprint density at radius 3 is 2.00 bits per heavy atom. The van der Waals surface area contributed by atoms with Crippen LogP contribution >= 0.6 is 0 Å². The third-order valence-electron chi connectivity index (χ3n) is 0.143. The summed E-state index contributed by atoms with van der Waals surface area (Å²) in [7, 11) is 0. The maximum atomic E-state index is 9.35. The van der Waals surface area contributed by atoms with E-state index < -0.39 is 11.1 Å². The summed E-state index contributed by atoms with van der Waals surface area (Å²) in [5.74, 6) is -0.167. The molecule has 0 aliphatic rings. The van der Waals surface area contributed by atoms with Crippen molar-refractivity contribution < 1.29 is 8.76 Å². The van der Waals surface area contributed by atoms with Crippen LogP contribution in [0, 0.1) is 0 Å². The Hall–Kier alpha value is 1.07. The van der Waals surface area contributed by atoms with Crippen molar-refractivity contribution >= 4 is 40.6 Å². The monoisotopic (exact) mass is 119 g/mol. The first-order valence-electron chi connectivity index (χ1n) is 1.05. The summed E-state index contributed by atoms with van der Waals surface area (Å²) in [6.07, 6.45) is 0. The molecule has 1 unspecified atom stereocenters. The molecule has 3 nitrogen and oxygen atoms in total. The molecule has 0 rings (SSSR count). The van der Waals surface area contributed by atoms with E-state index in [1.165, 1.54) is 0 Å². The Bertz CT molecular complexity index is 48.8. The Balaban J connectivity index is 0. The second kappa shape index (κ2) is 6.07. The van der Waals surface area contributed by atoms with Crippen molar-refractivity contribution in [2.45, 2.75) is 0 Å². The molecule has 0 saturated carbocycles. The molecule has 0 amide bonds. The van der Waals surface area contributed by atoms with Crippen LogP contribution in [0.25, 0.3) is 0 Å². The third-order valence-corrected chi connectivity index (χ3v) is 0.428. The SMILES string of the molecule is NCS(=O)O.[NaH]. The summed E-state index contributed by atoms with van der Waals surface area (Å²) in [6, 6.07) is 0. The molecule has 0 bridgehead atoms. The molecule has 0 heterocycles. The Labute approximate surface area is 60.9 Å². The van der Waals surface area contributed by atoms with E-state index in [4.69, 9.17) is 4.55 Å². The van der Waals surface area contributed by atoms with Gasteiger partial charge in [-0.3, -0.25) is 0 Å². The van der Waals surface area contributed by atoms with Gasteiger partial charge in [0.1, 0.15) is 0 Å². The average Bonchev–Trinajstić information content (AvgIpc) is 1.38. The Kier molecular flexibility index (Phi) is 10.3. The zero-order chi connectivity index (χ0) is 4.28. The predicted octanol–water partition coefficient (Wildman–Crippen LogP) is -1.52. The van der Waals surface area contributed by atoms with Crippen LogP contribution in [0.3, 0.4) is 0 Å². The summed E-state index contributed by atoms with van der Waals surface area (Å²) in [6.45, 7) is 0. The first-order chi connectivity index (χ1) is 2.27. The van der Waals surface area contributed by atoms with Crippen molar-refractivity contribution in [2.75, 3.05) is 5.88 Å². The fourth-order valence-electron chi connectivity index (χ4n) is 0. The van der Waals surface area contributed by atoms with E-state index >= 15 is 0 Å². The Morgan fingerprint density at radius 1 is 1.83 bits per heavy atom. The van der Waals surface area contributed by atoms with Gasteiger partial charge in [-0.15, -0.1) is 0 Å². The first-order valence-corrected chi connectivity index (χ1v) is 2.32. The van der Waals surface area contributed by atoms with Crippen LogP contribution in [0.4, 0.5) is 0 Å². The van der Waals surface area contributed by atoms with E-state index in [9.17, 15) is 4.21 Å². The van der Waals surface area contributed by atoms with Crippen LogP contribution in [0.15, 0.2) is 0 Å². The fourth-order valence-corrected chi connectivity index (χ4v) is 0. The molecular weight excluding hydrogens is 113 g/mol. The van der Waals surface area contributed by atoms with E-state index in [2.05, 4.69) is 5.73 Å². The van der Waals surface area contributed by atoms with Crippen LogP contribution in [-0.4, -0.2) is 44.2 Å². The summed E-state index contributed by atoms with van der Waals surface area (Å²) < 4.78 is 17.1. The second-order valence-electron chi connectivity index (χ2n) is 0.488. The van der Waals surface area contributed by atoms with Gasteiger partial charge in [0.25, 0.3) is 0 Å². The number of nitrogens with two attached hydrogens (primary N) is 1. The van der Waals surface area contributed by atoms with Crippen LogP contribution in [0.2, 0.25) is 0 Å². The fraction of sp³-hybridized carbons (Fsp3) is 1.00. The van der Waals surface area contributed by atoms with Gasteiger partial charge in [0, 0.05) is 0 Å². The molecule has 0 saturated heterocycles. The molecule has 0 spiro atoms. The molecule has 0 aromatic rings. The topological polar surface area (TPSA) is 63.3 Å². The molecule has 0 aliphatic heterocycles. The third kappa shape index (κ3) is 8.91. The van der Waals surface area contributed by atoms with Crippen LogP contribution in [-0.2, 0) is 11.1 Å². The van der Waals surface area contributed by atoms with Gasteiger partial charge in [0.2, 0.25) is 0 Å². The van der Waals surface area contributed by atoms with Gasteiger partial charge in [-0.25, -0.2) is 4.21 Å². The molecule has 34 valence electrons. The van der Waals surface area contributed by atoms with E-state index in [-0.39, 0.29) is 35.4 Å². The van der Waals surface area contributed by atoms with Gasteiger partial charge >= 0.3 is 29.6 Å². The van der Waals surface area contributed by atoms with E-state index in [1.807, 2.05) is 0 Å². The molecular formula is CH6NNaO2S. The van der Waals surface area contributed by atoms with Crippen molar-refractivity contribution in [2.24, 2.45) is 5.73 Å². The quantitative estimate of drug-likeness (QED) is 0.325. The molecule has 3 N–H and O–H groups in total. The molecule has 6 heavy (non-hydrogen) atoms. The van der Waals surface area contributed by atoms with Crippen molar-refractivity contribution in [3.8, 4) is 0 Å². The van der Waals surface area contributed by atoms with Gasteiger partial charge in [0.05, 0.1) is 5.88 Å². The number of rotatable bonds is 1. The van der Waals surface area contributed by atoms with Crippen LogP contribution < -0.4 is 5.73 Å². The van der Waals surface area contributed by atoms with Crippen molar-refractivity contribution in [1.29, 1.82) is 0 Å². The average molecular weight is 119 g/mol. The van der Waals surface area contributed by atoms with Gasteiger partial charge < -0.3 is 10.3 Å². The molecule has 0 radical (unpaired) electrons. The van der Waals surface area contributed by atoms with Gasteiger partial charge in [-0.1, -0.05) is 0 Å². The molecule has 0 aromatic heterocycles. The second-order valence-corrected chi connectivity index (χ2v) is 1.46. The van der Waals surface area contributed by atoms with Gasteiger partial charge in [0.15, 0.2) is 11.1 Å². The summed E-state index contributed by atoms with van der Waals surface area (Å²) in [5, 5.41) is 0. The molecule has 1 atom stereocenters. The molecule has 0 fully saturated rings. The van der Waals surface area contributed by atoms with Crippen molar-refractivity contribution in [3.05, 3.63) is 0 Å². The van der Waals surface area contributed by atoms with Gasteiger partial charge in [-0.2, -0.15) is 0 Å². The minimum atomic E-state index is -1.79. The maximum absolute atomic E-state index is 9.35. The van der Waals surface area contributed by atoms with Crippen molar-refractivity contribution in [3.63, 3.8) is 0 Å². The van der Waals surface area contributed by atoms with Crippen LogP contribution in [0.1, 0.15) is 0 Å². The first kappa shape index (κ1) is 10.1. The number of hydrogen-bond acceptors (Lipinski definition) is 2. The molecule has 5 heteroatoms. The minimum absolute atomic E-state index is 0. The molecule has 0 aliphatic carbocycles. The van der Waals surface area contributed by atoms with E-state index in [0.29, 0.717) is 0 Å². The zero-order valence-electron chi connectivity index (χ0n) is 2.55. The zero-order valence-corrected chi connectivity index (χ0v) is 3.36.